The Bertz CT molecular complexity index is 1490. The average Bonchev–Trinajstić information content (AvgIpc) is 3.35. The van der Waals surface area contributed by atoms with Crippen molar-refractivity contribution in [1.82, 2.24) is 4.72 Å². The van der Waals surface area contributed by atoms with E-state index in [1.165, 1.54) is 24.6 Å². The molecule has 0 amide bonds. The van der Waals surface area contributed by atoms with E-state index in [0.29, 0.717) is 28.6 Å². The second-order valence-electron chi connectivity index (χ2n) is 16.4. The number of benzene rings is 1. The van der Waals surface area contributed by atoms with Crippen molar-refractivity contribution in [2.24, 2.45) is 56.7 Å². The highest BCUT2D eigenvalue weighted by atomic mass is 32.2. The molecule has 0 aliphatic heterocycles. The summed E-state index contributed by atoms with van der Waals surface area (Å²) < 4.78 is 27.7. The van der Waals surface area contributed by atoms with Crippen LogP contribution in [0.1, 0.15) is 105 Å². The molecule has 5 aliphatic rings. The summed E-state index contributed by atoms with van der Waals surface area (Å²) in [6.45, 7) is 19.0. The molecule has 0 aromatic heterocycles. The first-order chi connectivity index (χ1) is 20.0. The van der Waals surface area contributed by atoms with E-state index in [0.717, 1.165) is 56.9 Å². The van der Waals surface area contributed by atoms with Crippen LogP contribution in [0.25, 0.3) is 5.57 Å². The third kappa shape index (κ3) is 4.03. The first-order valence-corrected chi connectivity index (χ1v) is 18.1. The molecule has 236 valence electrons. The largest absolute Gasteiger partial charge is 0.481 e. The Labute approximate surface area is 260 Å². The summed E-state index contributed by atoms with van der Waals surface area (Å²) in [5, 5.41) is 10.6. The molecular weight excluding hydrogens is 554 g/mol. The Morgan fingerprint density at radius 3 is 2.33 bits per heavy atom. The van der Waals surface area contributed by atoms with Crippen LogP contribution in [-0.4, -0.2) is 26.5 Å². The molecule has 1 unspecified atom stereocenters. The normalized spacial score (nSPS) is 43.4. The summed E-state index contributed by atoms with van der Waals surface area (Å²) in [6.07, 6.45) is 11.6. The number of hydrogen-bond acceptors (Lipinski definition) is 3. The van der Waals surface area contributed by atoms with Gasteiger partial charge in [0.15, 0.2) is 0 Å². The van der Waals surface area contributed by atoms with Crippen LogP contribution in [0.4, 0.5) is 0 Å². The highest BCUT2D eigenvalue weighted by Crippen LogP contribution is 2.77. The van der Waals surface area contributed by atoms with Crippen molar-refractivity contribution in [2.75, 3.05) is 7.05 Å². The molecule has 4 fully saturated rings. The molecule has 5 nitrogen and oxygen atoms in total. The quantitative estimate of drug-likeness (QED) is 0.330. The average molecular weight is 608 g/mol. The van der Waals surface area contributed by atoms with Gasteiger partial charge in [0.05, 0.1) is 10.3 Å². The van der Waals surface area contributed by atoms with Crippen molar-refractivity contribution in [1.29, 1.82) is 0 Å². The second kappa shape index (κ2) is 9.79. The first kappa shape index (κ1) is 31.1. The van der Waals surface area contributed by atoms with Gasteiger partial charge in [0.2, 0.25) is 10.0 Å². The minimum atomic E-state index is -3.52. The molecule has 1 aromatic rings. The van der Waals surface area contributed by atoms with Crippen molar-refractivity contribution in [2.45, 2.75) is 104 Å². The lowest BCUT2D eigenvalue weighted by molar-refractivity contribution is -0.227. The topological polar surface area (TPSA) is 83.5 Å². The van der Waals surface area contributed by atoms with Gasteiger partial charge in [0.1, 0.15) is 0 Å². The van der Waals surface area contributed by atoms with Crippen molar-refractivity contribution in [3.63, 3.8) is 0 Å². The van der Waals surface area contributed by atoms with E-state index < -0.39 is 21.4 Å². The third-order valence-electron chi connectivity index (χ3n) is 14.8. The summed E-state index contributed by atoms with van der Waals surface area (Å²) in [5.41, 5.74) is 3.16. The lowest BCUT2D eigenvalue weighted by Gasteiger charge is -2.72. The van der Waals surface area contributed by atoms with E-state index in [2.05, 4.69) is 65.0 Å². The summed E-state index contributed by atoms with van der Waals surface area (Å²) >= 11 is 0. The van der Waals surface area contributed by atoms with Crippen molar-refractivity contribution in [3.8, 4) is 0 Å². The molecule has 0 bridgehead atoms. The smallest absolute Gasteiger partial charge is 0.309 e. The van der Waals surface area contributed by atoms with Gasteiger partial charge in [0, 0.05) is 0 Å². The standard InChI is InChI=1S/C37H53NO4S/c1-23(2)26-14-19-37(32(39)40)21-20-35(6)28(31(26)37)12-13-30-34(5)17-15-27(33(3,4)29(34)16-18-36(30,35)7)24-10-9-11-25(22-24)43(41,42)38-8/h9-11,15,22,26,28-31,38H,1,12-14,16-21H2,2-8H3,(H,39,40)/t26-,28+,29-,30+,31?,34-,35+,36+,37-/m0/s1. The SMILES string of the molecule is C=C(C)[C@@H]1CC[C@]2(C(=O)O)CC[C@]3(C)[C@H](CC[C@@H]4[C@@]5(C)CC=C(c6cccc(S(=O)(=O)NC)c6)C(C)(C)[C@@H]5CC[C@]43C)C12. The van der Waals surface area contributed by atoms with E-state index in [-0.39, 0.29) is 27.6 Å². The minimum Gasteiger partial charge on any atom is -0.481 e. The number of carbonyl (C=O) groups is 1. The van der Waals surface area contributed by atoms with Gasteiger partial charge < -0.3 is 5.11 Å². The van der Waals surface area contributed by atoms with Gasteiger partial charge in [-0.3, -0.25) is 4.79 Å². The van der Waals surface area contributed by atoms with Crippen LogP contribution in [0.2, 0.25) is 0 Å². The summed E-state index contributed by atoms with van der Waals surface area (Å²) in [6, 6.07) is 7.46. The Morgan fingerprint density at radius 2 is 1.67 bits per heavy atom. The Hall–Kier alpha value is -1.92. The molecule has 0 saturated heterocycles. The zero-order chi connectivity index (χ0) is 31.4. The lowest BCUT2D eigenvalue weighted by atomic mass is 9.32. The summed E-state index contributed by atoms with van der Waals surface area (Å²) in [4.78, 5) is 13.3. The molecule has 5 aliphatic carbocycles. The van der Waals surface area contributed by atoms with Crippen LogP contribution in [0.3, 0.4) is 0 Å². The molecule has 0 heterocycles. The van der Waals surface area contributed by atoms with Crippen LogP contribution in [0.15, 0.2) is 47.4 Å². The van der Waals surface area contributed by atoms with Crippen LogP contribution in [-0.2, 0) is 14.8 Å². The number of carboxylic acids is 1. The Kier molecular flexibility index (Phi) is 7.07. The molecule has 0 spiro atoms. The molecule has 43 heavy (non-hydrogen) atoms. The van der Waals surface area contributed by atoms with Crippen molar-refractivity contribution < 1.29 is 18.3 Å². The number of hydrogen-bond donors (Lipinski definition) is 2. The predicted octanol–water partition coefficient (Wildman–Crippen LogP) is 8.33. The molecule has 9 atom stereocenters. The molecule has 0 radical (unpaired) electrons. The van der Waals surface area contributed by atoms with Crippen LogP contribution in [0.5, 0.6) is 0 Å². The fourth-order valence-corrected chi connectivity index (χ4v) is 13.3. The summed E-state index contributed by atoms with van der Waals surface area (Å²) in [5.74, 6) is 1.41. The zero-order valence-electron chi connectivity index (χ0n) is 27.4. The maximum absolute atomic E-state index is 12.9. The number of aliphatic carboxylic acids is 1. The zero-order valence-corrected chi connectivity index (χ0v) is 28.2. The summed E-state index contributed by atoms with van der Waals surface area (Å²) in [7, 11) is -2.06. The van der Waals surface area contributed by atoms with E-state index >= 15 is 0 Å². The van der Waals surface area contributed by atoms with Crippen LogP contribution < -0.4 is 4.72 Å². The van der Waals surface area contributed by atoms with E-state index in [1.54, 1.807) is 6.07 Å². The van der Waals surface area contributed by atoms with Crippen molar-refractivity contribution >= 4 is 21.6 Å². The van der Waals surface area contributed by atoms with Gasteiger partial charge in [-0.1, -0.05) is 65.0 Å². The lowest BCUT2D eigenvalue weighted by Crippen LogP contribution is -2.65. The minimum absolute atomic E-state index is 0.102. The molecule has 1 aromatic carbocycles. The highest BCUT2D eigenvalue weighted by Gasteiger charge is 2.71. The van der Waals surface area contributed by atoms with E-state index in [4.69, 9.17) is 0 Å². The number of allylic oxidation sites excluding steroid dienone is 3. The number of fused-ring (bicyclic) bond motifs is 7. The fourth-order valence-electron chi connectivity index (χ4n) is 12.6. The van der Waals surface area contributed by atoms with Gasteiger partial charge >= 0.3 is 5.97 Å². The number of carboxylic acid groups (broad SMARTS) is 1. The number of rotatable bonds is 5. The van der Waals surface area contributed by atoms with E-state index in [9.17, 15) is 18.3 Å². The molecular formula is C37H53NO4S. The van der Waals surface area contributed by atoms with Crippen LogP contribution in [0, 0.1) is 56.7 Å². The van der Waals surface area contributed by atoms with Gasteiger partial charge in [-0.05, 0) is 146 Å². The number of sulfonamides is 1. The highest BCUT2D eigenvalue weighted by molar-refractivity contribution is 7.89. The predicted molar refractivity (Wildman–Crippen MR) is 173 cm³/mol. The monoisotopic (exact) mass is 607 g/mol. The molecule has 6 rings (SSSR count). The van der Waals surface area contributed by atoms with Gasteiger partial charge in [0.25, 0.3) is 0 Å². The fraction of sp³-hybridized carbons (Fsp3) is 0.703. The maximum Gasteiger partial charge on any atom is 0.309 e. The Morgan fingerprint density at radius 1 is 0.953 bits per heavy atom. The third-order valence-corrected chi connectivity index (χ3v) is 16.2. The second-order valence-corrected chi connectivity index (χ2v) is 18.3. The van der Waals surface area contributed by atoms with Gasteiger partial charge in [-0.15, -0.1) is 0 Å². The maximum atomic E-state index is 12.9. The molecule has 6 heteroatoms. The Balaban J connectivity index is 1.38. The van der Waals surface area contributed by atoms with Crippen LogP contribution >= 0.6 is 0 Å². The molecule has 2 N–H and O–H groups in total. The van der Waals surface area contributed by atoms with E-state index in [1.807, 2.05) is 12.1 Å². The van der Waals surface area contributed by atoms with Gasteiger partial charge in [-0.2, -0.15) is 0 Å². The van der Waals surface area contributed by atoms with Gasteiger partial charge in [-0.25, -0.2) is 13.1 Å². The molecule has 4 saturated carbocycles. The first-order valence-electron chi connectivity index (χ1n) is 16.6. The van der Waals surface area contributed by atoms with Crippen molar-refractivity contribution in [3.05, 3.63) is 48.1 Å². The number of nitrogens with one attached hydrogen (secondary N) is 1.